The van der Waals surface area contributed by atoms with Crippen molar-refractivity contribution in [1.29, 1.82) is 10.5 Å². The van der Waals surface area contributed by atoms with E-state index >= 15 is 0 Å². The number of aryl methyl sites for hydroxylation is 1. The molecule has 2 heterocycles. The van der Waals surface area contributed by atoms with Crippen LogP contribution in [0.2, 0.25) is 0 Å². The van der Waals surface area contributed by atoms with E-state index in [-0.39, 0.29) is 5.92 Å². The van der Waals surface area contributed by atoms with Gasteiger partial charge in [-0.15, -0.1) is 0 Å². The molecule has 1 unspecified atom stereocenters. The fourth-order valence-electron chi connectivity index (χ4n) is 7.65. The lowest BCUT2D eigenvalue weighted by molar-refractivity contribution is 0.819. The summed E-state index contributed by atoms with van der Waals surface area (Å²) in [6.45, 7) is 2.09. The van der Waals surface area contributed by atoms with Crippen molar-refractivity contribution in [3.8, 4) is 29.0 Å². The minimum atomic E-state index is -0.316. The molecule has 1 atom stereocenters. The van der Waals surface area contributed by atoms with Crippen molar-refractivity contribution < 1.29 is 0 Å². The Kier molecular flexibility index (Phi) is 6.57. The van der Waals surface area contributed by atoms with E-state index in [1.165, 1.54) is 21.8 Å². The second-order valence-corrected chi connectivity index (χ2v) is 12.8. The number of allylic oxidation sites excluding steroid dienone is 4. The molecule has 1 aliphatic carbocycles. The molecule has 0 saturated carbocycles. The first kappa shape index (κ1) is 28.6. The Balaban J connectivity index is 1.14. The third kappa shape index (κ3) is 4.50. The van der Waals surface area contributed by atoms with Crippen molar-refractivity contribution in [3.63, 3.8) is 0 Å². The zero-order valence-corrected chi connectivity index (χ0v) is 26.9. The lowest BCUT2D eigenvalue weighted by Gasteiger charge is -2.24. The number of nitrogens with zero attached hydrogens (tertiary/aromatic N) is 4. The molecule has 0 N–H and O–H groups in total. The topological polar surface area (TPSA) is 57.4 Å². The summed E-state index contributed by atoms with van der Waals surface area (Å²) in [7, 11) is 0. The van der Waals surface area contributed by atoms with Crippen LogP contribution in [0, 0.1) is 35.5 Å². The lowest BCUT2D eigenvalue weighted by Crippen LogP contribution is -2.12. The maximum absolute atomic E-state index is 10.4. The van der Waals surface area contributed by atoms with Crippen LogP contribution in [0.15, 0.2) is 146 Å². The number of nitriles is 2. The molecule has 9 rings (SSSR count). The molecule has 49 heavy (non-hydrogen) atoms. The summed E-state index contributed by atoms with van der Waals surface area (Å²) >= 11 is 0. The molecule has 8 aromatic rings. The second-order valence-electron chi connectivity index (χ2n) is 12.8. The van der Waals surface area contributed by atoms with Crippen LogP contribution < -0.4 is 0 Å². The summed E-state index contributed by atoms with van der Waals surface area (Å²) in [6.07, 6.45) is 4.92. The summed E-state index contributed by atoms with van der Waals surface area (Å²) in [5.74, 6) is -0.316. The van der Waals surface area contributed by atoms with Crippen LogP contribution in [0.25, 0.3) is 71.7 Å². The van der Waals surface area contributed by atoms with E-state index in [4.69, 9.17) is 0 Å². The van der Waals surface area contributed by atoms with Crippen molar-refractivity contribution in [2.75, 3.05) is 0 Å². The van der Waals surface area contributed by atoms with Gasteiger partial charge in [0.15, 0.2) is 0 Å². The standard InChI is InChI=1S/C45H30N4/c1-29-13-23-43-39(25-29)40-26-30(27-46)14-24-44(40)49(43)45-34(28-47)7-6-10-36(45)33-17-15-31(16-18-33)32-19-21-35(22-20-32)48-41-11-4-2-8-37(41)38-9-3-5-12-42(38)48/h2-6,8-26,34H,7H2,1H3. The Labute approximate surface area is 284 Å². The van der Waals surface area contributed by atoms with Gasteiger partial charge >= 0.3 is 0 Å². The maximum Gasteiger partial charge on any atom is 0.0991 e. The fraction of sp³-hybridized carbons (Fsp3) is 0.0667. The predicted octanol–water partition coefficient (Wildman–Crippen LogP) is 11.2. The minimum absolute atomic E-state index is 0.316. The Bertz CT molecular complexity index is 2700. The van der Waals surface area contributed by atoms with Crippen LogP contribution in [0.3, 0.4) is 0 Å². The second kappa shape index (κ2) is 11.3. The van der Waals surface area contributed by atoms with E-state index < -0.39 is 0 Å². The molecule has 0 saturated heterocycles. The molecule has 0 fully saturated rings. The van der Waals surface area contributed by atoms with Gasteiger partial charge in [0.1, 0.15) is 0 Å². The highest BCUT2D eigenvalue weighted by Crippen LogP contribution is 2.42. The highest BCUT2D eigenvalue weighted by molar-refractivity contribution is 6.13. The SMILES string of the molecule is Cc1ccc2c(c1)c1cc(C#N)ccc1n2C1=C(c2ccc(-c3ccc(-n4c5ccccc5c5ccccc54)cc3)cc2)C=CCC1C#N. The molecule has 4 nitrogen and oxygen atoms in total. The Morgan fingerprint density at radius 2 is 1.14 bits per heavy atom. The fourth-order valence-corrected chi connectivity index (χ4v) is 7.65. The summed E-state index contributed by atoms with van der Waals surface area (Å²) in [6, 6.07) is 51.8. The monoisotopic (exact) mass is 626 g/mol. The first-order valence-corrected chi connectivity index (χ1v) is 16.6. The quantitative estimate of drug-likeness (QED) is 0.195. The Morgan fingerprint density at radius 3 is 1.80 bits per heavy atom. The third-order valence-electron chi connectivity index (χ3n) is 9.94. The van der Waals surface area contributed by atoms with Crippen LogP contribution in [-0.4, -0.2) is 9.13 Å². The van der Waals surface area contributed by atoms with Crippen molar-refractivity contribution in [2.24, 2.45) is 5.92 Å². The van der Waals surface area contributed by atoms with Gasteiger partial charge in [0, 0.05) is 38.5 Å². The van der Waals surface area contributed by atoms with Crippen LogP contribution in [0.1, 0.15) is 23.1 Å². The molecule has 0 bridgehead atoms. The molecule has 2 aromatic heterocycles. The number of hydrogen-bond donors (Lipinski definition) is 0. The van der Waals surface area contributed by atoms with Gasteiger partial charge in [-0.2, -0.15) is 10.5 Å². The number of fused-ring (bicyclic) bond motifs is 6. The van der Waals surface area contributed by atoms with Crippen molar-refractivity contribution >= 4 is 54.9 Å². The maximum atomic E-state index is 10.4. The molecule has 0 amide bonds. The first-order chi connectivity index (χ1) is 24.1. The van der Waals surface area contributed by atoms with Crippen molar-refractivity contribution in [1.82, 2.24) is 9.13 Å². The normalized spacial score (nSPS) is 14.6. The van der Waals surface area contributed by atoms with Gasteiger partial charge in [-0.05, 0) is 84.6 Å². The van der Waals surface area contributed by atoms with Crippen molar-refractivity contribution in [3.05, 3.63) is 162 Å². The van der Waals surface area contributed by atoms with E-state index in [0.717, 1.165) is 61.0 Å². The number of rotatable bonds is 4. The third-order valence-corrected chi connectivity index (χ3v) is 9.94. The average molecular weight is 627 g/mol. The lowest BCUT2D eigenvalue weighted by atomic mass is 9.88. The summed E-state index contributed by atoms with van der Waals surface area (Å²) in [5.41, 5.74) is 12.7. The minimum Gasteiger partial charge on any atom is -0.311 e. The van der Waals surface area contributed by atoms with Gasteiger partial charge in [0.2, 0.25) is 0 Å². The predicted molar refractivity (Wildman–Crippen MR) is 201 cm³/mol. The molecule has 230 valence electrons. The molecule has 0 spiro atoms. The molecule has 1 aliphatic rings. The summed E-state index contributed by atoms with van der Waals surface area (Å²) in [4.78, 5) is 0. The van der Waals surface area contributed by atoms with E-state index in [1.807, 2.05) is 18.2 Å². The van der Waals surface area contributed by atoms with Crippen molar-refractivity contribution in [2.45, 2.75) is 13.3 Å². The zero-order valence-electron chi connectivity index (χ0n) is 26.9. The largest absolute Gasteiger partial charge is 0.311 e. The van der Waals surface area contributed by atoms with Gasteiger partial charge < -0.3 is 9.13 Å². The first-order valence-electron chi connectivity index (χ1n) is 16.6. The highest BCUT2D eigenvalue weighted by atomic mass is 15.0. The van der Waals surface area contributed by atoms with Gasteiger partial charge in [-0.25, -0.2) is 0 Å². The highest BCUT2D eigenvalue weighted by Gasteiger charge is 2.26. The number of benzene rings is 6. The molecule has 0 aliphatic heterocycles. The van der Waals surface area contributed by atoms with Crippen LogP contribution in [0.5, 0.6) is 0 Å². The van der Waals surface area contributed by atoms with Gasteiger partial charge in [-0.3, -0.25) is 0 Å². The van der Waals surface area contributed by atoms with Gasteiger partial charge in [0.05, 0.1) is 45.7 Å². The molecular formula is C45H30N4. The smallest absolute Gasteiger partial charge is 0.0991 e. The van der Waals surface area contributed by atoms with Gasteiger partial charge in [0.25, 0.3) is 0 Å². The molecule has 0 radical (unpaired) electrons. The number of para-hydroxylation sites is 2. The number of hydrogen-bond acceptors (Lipinski definition) is 2. The zero-order chi connectivity index (χ0) is 33.1. The summed E-state index contributed by atoms with van der Waals surface area (Å²) < 4.78 is 4.59. The van der Waals surface area contributed by atoms with Crippen LogP contribution >= 0.6 is 0 Å². The van der Waals surface area contributed by atoms with Crippen LogP contribution in [0.4, 0.5) is 0 Å². The van der Waals surface area contributed by atoms with E-state index in [9.17, 15) is 10.5 Å². The Morgan fingerprint density at radius 1 is 0.571 bits per heavy atom. The molecular weight excluding hydrogens is 597 g/mol. The molecule has 4 heteroatoms. The van der Waals surface area contributed by atoms with E-state index in [2.05, 4.69) is 156 Å². The Hall–Kier alpha value is -6.62. The average Bonchev–Trinajstić information content (AvgIpc) is 3.66. The van der Waals surface area contributed by atoms with Crippen LogP contribution in [-0.2, 0) is 0 Å². The van der Waals surface area contributed by atoms with E-state index in [0.29, 0.717) is 12.0 Å². The number of aromatic nitrogens is 2. The van der Waals surface area contributed by atoms with E-state index in [1.54, 1.807) is 0 Å². The van der Waals surface area contributed by atoms with Gasteiger partial charge in [-0.1, -0.05) is 96.6 Å². The molecule has 6 aromatic carbocycles. The summed E-state index contributed by atoms with van der Waals surface area (Å²) in [5, 5.41) is 24.7.